The Morgan fingerprint density at radius 2 is 2.15 bits per heavy atom. The molecule has 0 atom stereocenters. The van der Waals surface area contributed by atoms with Gasteiger partial charge in [0.2, 0.25) is 5.88 Å². The van der Waals surface area contributed by atoms with Gasteiger partial charge in [-0.15, -0.1) is 0 Å². The van der Waals surface area contributed by atoms with E-state index in [0.29, 0.717) is 0 Å². The Balaban J connectivity index is 2.27. The minimum absolute atomic E-state index is 0.107. The number of alkyl carbamates (subject to hydrolysis) is 1. The Hall–Kier alpha value is -2.38. The number of hydrogen-bond acceptors (Lipinski definition) is 6. The summed E-state index contributed by atoms with van der Waals surface area (Å²) in [5.41, 5.74) is -0.658. The molecule has 1 heterocycles. The van der Waals surface area contributed by atoms with Gasteiger partial charge in [-0.25, -0.2) is 9.78 Å². The zero-order valence-electron chi connectivity index (χ0n) is 11.6. The summed E-state index contributed by atoms with van der Waals surface area (Å²) in [5.74, 6) is 0.251. The number of aromatic nitrogens is 1. The summed E-state index contributed by atoms with van der Waals surface area (Å²) in [5, 5.41) is 12.9. The van der Waals surface area contributed by atoms with E-state index in [0.717, 1.165) is 6.20 Å². The number of pyridine rings is 1. The van der Waals surface area contributed by atoms with Gasteiger partial charge in [-0.2, -0.15) is 0 Å². The molecule has 1 aromatic rings. The predicted octanol–water partition coefficient (Wildman–Crippen LogP) is 1.89. The van der Waals surface area contributed by atoms with Gasteiger partial charge in [0.05, 0.1) is 11.5 Å². The SMILES string of the molecule is CC(C)(C)OC(=O)NCCOc1ccc([N+](=O)[O-])cn1. The number of rotatable bonds is 5. The molecule has 0 radical (unpaired) electrons. The highest BCUT2D eigenvalue weighted by Crippen LogP contribution is 2.13. The molecule has 0 fully saturated rings. The maximum atomic E-state index is 11.3. The van der Waals surface area contributed by atoms with Crippen LogP contribution in [-0.2, 0) is 4.74 Å². The van der Waals surface area contributed by atoms with Crippen LogP contribution in [0.5, 0.6) is 5.88 Å². The van der Waals surface area contributed by atoms with Crippen LogP contribution in [0, 0.1) is 10.1 Å². The fraction of sp³-hybridized carbons (Fsp3) is 0.500. The second-order valence-electron chi connectivity index (χ2n) is 4.89. The molecule has 0 aliphatic carbocycles. The molecular weight excluding hydrogens is 266 g/mol. The lowest BCUT2D eigenvalue weighted by Gasteiger charge is -2.19. The lowest BCUT2D eigenvalue weighted by atomic mass is 10.2. The van der Waals surface area contributed by atoms with Crippen LogP contribution in [0.3, 0.4) is 0 Å². The van der Waals surface area contributed by atoms with Gasteiger partial charge in [0.1, 0.15) is 18.4 Å². The van der Waals surface area contributed by atoms with E-state index in [1.165, 1.54) is 12.1 Å². The number of carbonyl (C=O) groups excluding carboxylic acids is 1. The van der Waals surface area contributed by atoms with E-state index in [4.69, 9.17) is 9.47 Å². The molecule has 110 valence electrons. The molecule has 8 nitrogen and oxygen atoms in total. The number of ether oxygens (including phenoxy) is 2. The molecule has 0 saturated heterocycles. The fourth-order valence-corrected chi connectivity index (χ4v) is 1.19. The molecule has 8 heteroatoms. The summed E-state index contributed by atoms with van der Waals surface area (Å²) in [6.45, 7) is 5.73. The highest BCUT2D eigenvalue weighted by Gasteiger charge is 2.15. The van der Waals surface area contributed by atoms with Gasteiger partial charge in [0, 0.05) is 12.1 Å². The maximum Gasteiger partial charge on any atom is 0.407 e. The van der Waals surface area contributed by atoms with Gasteiger partial charge in [0.25, 0.3) is 5.69 Å². The number of amides is 1. The molecule has 20 heavy (non-hydrogen) atoms. The molecule has 1 rings (SSSR count). The summed E-state index contributed by atoms with van der Waals surface area (Å²) >= 11 is 0. The Morgan fingerprint density at radius 1 is 1.45 bits per heavy atom. The van der Waals surface area contributed by atoms with E-state index in [1.807, 2.05) is 0 Å². The largest absolute Gasteiger partial charge is 0.476 e. The van der Waals surface area contributed by atoms with Crippen LogP contribution in [0.4, 0.5) is 10.5 Å². The van der Waals surface area contributed by atoms with Crippen molar-refractivity contribution in [1.82, 2.24) is 10.3 Å². The number of carbonyl (C=O) groups is 1. The van der Waals surface area contributed by atoms with Gasteiger partial charge in [-0.3, -0.25) is 10.1 Å². The lowest BCUT2D eigenvalue weighted by molar-refractivity contribution is -0.385. The summed E-state index contributed by atoms with van der Waals surface area (Å²) in [4.78, 5) is 25.0. The molecule has 0 saturated carbocycles. The predicted molar refractivity (Wildman–Crippen MR) is 70.6 cm³/mol. The van der Waals surface area contributed by atoms with Gasteiger partial charge < -0.3 is 14.8 Å². The standard InChI is InChI=1S/C12H17N3O5/c1-12(2,3)20-11(16)13-6-7-19-10-5-4-9(8-14-10)15(17)18/h4-5,8H,6-7H2,1-3H3,(H,13,16). The minimum atomic E-state index is -0.551. The first-order valence-corrected chi connectivity index (χ1v) is 5.98. The topological polar surface area (TPSA) is 104 Å². The Labute approximate surface area is 116 Å². The fourth-order valence-electron chi connectivity index (χ4n) is 1.19. The summed E-state index contributed by atoms with van der Waals surface area (Å²) in [6.07, 6.45) is 0.578. The van der Waals surface area contributed by atoms with E-state index in [9.17, 15) is 14.9 Å². The van der Waals surface area contributed by atoms with Crippen molar-refractivity contribution in [3.05, 3.63) is 28.4 Å². The second-order valence-corrected chi connectivity index (χ2v) is 4.89. The number of hydrogen-bond donors (Lipinski definition) is 1. The van der Waals surface area contributed by atoms with E-state index in [-0.39, 0.29) is 24.7 Å². The number of nitrogens with one attached hydrogen (secondary N) is 1. The van der Waals surface area contributed by atoms with E-state index in [2.05, 4.69) is 10.3 Å². The van der Waals surface area contributed by atoms with Crippen molar-refractivity contribution >= 4 is 11.8 Å². The minimum Gasteiger partial charge on any atom is -0.476 e. The first-order valence-electron chi connectivity index (χ1n) is 5.98. The van der Waals surface area contributed by atoms with Crippen molar-refractivity contribution in [2.24, 2.45) is 0 Å². The lowest BCUT2D eigenvalue weighted by Crippen LogP contribution is -2.34. The molecule has 0 bridgehead atoms. The third-order valence-corrected chi connectivity index (χ3v) is 1.95. The first-order chi connectivity index (χ1) is 9.28. The van der Waals surface area contributed by atoms with Crippen molar-refractivity contribution in [2.75, 3.05) is 13.2 Å². The third-order valence-electron chi connectivity index (χ3n) is 1.95. The van der Waals surface area contributed by atoms with Crippen molar-refractivity contribution in [2.45, 2.75) is 26.4 Å². The normalized spacial score (nSPS) is 10.8. The summed E-state index contributed by atoms with van der Waals surface area (Å²) < 4.78 is 10.3. The van der Waals surface area contributed by atoms with Crippen molar-refractivity contribution in [1.29, 1.82) is 0 Å². The van der Waals surface area contributed by atoms with Crippen LogP contribution < -0.4 is 10.1 Å². The molecule has 0 spiro atoms. The van der Waals surface area contributed by atoms with E-state index < -0.39 is 16.6 Å². The van der Waals surface area contributed by atoms with E-state index >= 15 is 0 Å². The zero-order valence-corrected chi connectivity index (χ0v) is 11.6. The van der Waals surface area contributed by atoms with Crippen LogP contribution in [0.15, 0.2) is 18.3 Å². The second kappa shape index (κ2) is 6.69. The summed E-state index contributed by atoms with van der Waals surface area (Å²) in [6, 6.07) is 2.69. The van der Waals surface area contributed by atoms with Crippen molar-refractivity contribution < 1.29 is 19.2 Å². The van der Waals surface area contributed by atoms with Crippen LogP contribution in [-0.4, -0.2) is 34.8 Å². The third kappa shape index (κ3) is 5.98. The first kappa shape index (κ1) is 15.7. The van der Waals surface area contributed by atoms with Gasteiger partial charge in [0.15, 0.2) is 0 Å². The number of nitrogens with zero attached hydrogens (tertiary/aromatic N) is 2. The van der Waals surface area contributed by atoms with Crippen LogP contribution >= 0.6 is 0 Å². The van der Waals surface area contributed by atoms with Crippen LogP contribution in [0.25, 0.3) is 0 Å². The molecule has 1 aromatic heterocycles. The number of nitro groups is 1. The van der Waals surface area contributed by atoms with E-state index in [1.54, 1.807) is 20.8 Å². The van der Waals surface area contributed by atoms with Gasteiger partial charge in [-0.1, -0.05) is 0 Å². The zero-order chi connectivity index (χ0) is 15.2. The molecule has 0 aliphatic rings. The average Bonchev–Trinajstić information content (AvgIpc) is 2.33. The molecule has 0 aromatic carbocycles. The van der Waals surface area contributed by atoms with Gasteiger partial charge in [-0.05, 0) is 20.8 Å². The Bertz CT molecular complexity index is 467. The Morgan fingerprint density at radius 3 is 2.65 bits per heavy atom. The quantitative estimate of drug-likeness (QED) is 0.502. The van der Waals surface area contributed by atoms with Gasteiger partial charge >= 0.3 is 6.09 Å². The monoisotopic (exact) mass is 283 g/mol. The Kier molecular flexibility index (Phi) is 5.24. The maximum absolute atomic E-state index is 11.3. The molecule has 1 amide bonds. The van der Waals surface area contributed by atoms with Crippen LogP contribution in [0.1, 0.15) is 20.8 Å². The average molecular weight is 283 g/mol. The molecule has 1 N–H and O–H groups in total. The highest BCUT2D eigenvalue weighted by molar-refractivity contribution is 5.67. The molecular formula is C12H17N3O5. The molecule has 0 aliphatic heterocycles. The van der Waals surface area contributed by atoms with Crippen molar-refractivity contribution in [3.8, 4) is 5.88 Å². The molecule has 0 unspecified atom stereocenters. The highest BCUT2D eigenvalue weighted by atomic mass is 16.6. The smallest absolute Gasteiger partial charge is 0.407 e. The van der Waals surface area contributed by atoms with Crippen molar-refractivity contribution in [3.63, 3.8) is 0 Å². The summed E-state index contributed by atoms with van der Waals surface area (Å²) in [7, 11) is 0. The van der Waals surface area contributed by atoms with Crippen LogP contribution in [0.2, 0.25) is 0 Å².